The first-order valence-electron chi connectivity index (χ1n) is 13.4. The zero-order chi connectivity index (χ0) is 26.6. The van der Waals surface area contributed by atoms with Crippen LogP contribution in [0.25, 0.3) is 0 Å². The summed E-state index contributed by atoms with van der Waals surface area (Å²) in [6.45, 7) is 5.48. The number of aliphatic hydroxyl groups is 1. The topological polar surface area (TPSA) is 101 Å². The van der Waals surface area contributed by atoms with Gasteiger partial charge in [0.2, 0.25) is 0 Å². The highest BCUT2D eigenvalue weighted by molar-refractivity contribution is 5.96. The van der Waals surface area contributed by atoms with E-state index in [1.807, 2.05) is 18.7 Å². The van der Waals surface area contributed by atoms with Crippen molar-refractivity contribution in [2.24, 2.45) is 0 Å². The first-order valence-corrected chi connectivity index (χ1v) is 13.4. The third-order valence-corrected chi connectivity index (χ3v) is 7.71. The molecule has 1 fully saturated rings. The molecule has 1 atom stereocenters. The van der Waals surface area contributed by atoms with E-state index in [-0.39, 0.29) is 24.6 Å². The summed E-state index contributed by atoms with van der Waals surface area (Å²) < 4.78 is 26.3. The van der Waals surface area contributed by atoms with Crippen molar-refractivity contribution < 1.29 is 23.4 Å². The van der Waals surface area contributed by atoms with Crippen molar-refractivity contribution >= 4 is 11.6 Å². The van der Waals surface area contributed by atoms with E-state index in [1.165, 1.54) is 18.9 Å². The molecule has 2 aliphatic rings. The lowest BCUT2D eigenvalue weighted by Gasteiger charge is -2.32. The molecule has 1 aliphatic carbocycles. The van der Waals surface area contributed by atoms with Gasteiger partial charge < -0.3 is 19.6 Å². The third-order valence-electron chi connectivity index (χ3n) is 7.71. The third kappa shape index (κ3) is 6.05. The van der Waals surface area contributed by atoms with Gasteiger partial charge in [0, 0.05) is 55.5 Å². The number of fused-ring (bicyclic) bond motifs is 1. The molecule has 1 saturated carbocycles. The first-order chi connectivity index (χ1) is 18.4. The van der Waals surface area contributed by atoms with Crippen LogP contribution in [-0.2, 0) is 19.6 Å². The van der Waals surface area contributed by atoms with Crippen LogP contribution in [0.1, 0.15) is 70.6 Å². The fourth-order valence-electron chi connectivity index (χ4n) is 5.10. The van der Waals surface area contributed by atoms with Gasteiger partial charge in [-0.3, -0.25) is 9.69 Å². The van der Waals surface area contributed by atoms with Crippen LogP contribution in [0.3, 0.4) is 0 Å². The van der Waals surface area contributed by atoms with E-state index in [9.17, 15) is 9.90 Å². The Kier molecular flexibility index (Phi) is 8.04. The number of rotatable bonds is 11. The SMILES string of the molecule is Cc1ncoc1COc1cc(F)c2c(c1C)CCN(C[C@@H](O)CCC(=O)c1ccnc(NC3CCC3)c1)C2. The van der Waals surface area contributed by atoms with Gasteiger partial charge in [-0.05, 0) is 69.2 Å². The number of pyridine rings is 1. The zero-order valence-electron chi connectivity index (χ0n) is 22.0. The Bertz CT molecular complexity index is 1290. The summed E-state index contributed by atoms with van der Waals surface area (Å²) in [6, 6.07) is 5.39. The number of anilines is 1. The maximum Gasteiger partial charge on any atom is 0.181 e. The molecule has 1 aromatic carbocycles. The molecule has 0 amide bonds. The molecule has 2 N–H and O–H groups in total. The molecule has 202 valence electrons. The van der Waals surface area contributed by atoms with Crippen LogP contribution in [0, 0.1) is 19.7 Å². The molecule has 38 heavy (non-hydrogen) atoms. The molecule has 0 bridgehead atoms. The lowest BCUT2D eigenvalue weighted by Crippen LogP contribution is -2.37. The highest BCUT2D eigenvalue weighted by Gasteiger charge is 2.25. The van der Waals surface area contributed by atoms with E-state index in [0.717, 1.165) is 35.5 Å². The van der Waals surface area contributed by atoms with Gasteiger partial charge in [-0.2, -0.15) is 0 Å². The number of carbonyl (C=O) groups is 1. The van der Waals surface area contributed by atoms with Crippen LogP contribution in [0.5, 0.6) is 5.75 Å². The second-order valence-electron chi connectivity index (χ2n) is 10.4. The van der Waals surface area contributed by atoms with Gasteiger partial charge in [-0.25, -0.2) is 14.4 Å². The summed E-state index contributed by atoms with van der Waals surface area (Å²) in [4.78, 5) is 23.2. The fourth-order valence-corrected chi connectivity index (χ4v) is 5.10. The van der Waals surface area contributed by atoms with Crippen molar-refractivity contribution in [1.82, 2.24) is 14.9 Å². The van der Waals surface area contributed by atoms with Gasteiger partial charge in [0.25, 0.3) is 0 Å². The maximum absolute atomic E-state index is 15.1. The number of nitrogens with zero attached hydrogens (tertiary/aromatic N) is 3. The number of aryl methyl sites for hydroxylation is 1. The van der Waals surface area contributed by atoms with Crippen LogP contribution in [0.2, 0.25) is 0 Å². The van der Waals surface area contributed by atoms with Gasteiger partial charge >= 0.3 is 0 Å². The number of hydrogen-bond acceptors (Lipinski definition) is 8. The van der Waals surface area contributed by atoms with Crippen molar-refractivity contribution in [3.8, 4) is 5.75 Å². The summed E-state index contributed by atoms with van der Waals surface area (Å²) in [5, 5.41) is 14.0. The standard InChI is InChI=1S/C29H35FN4O4/c1-18-23-9-11-34(15-24(23)25(30)13-27(18)37-16-28-19(2)32-17-38-28)14-22(35)6-7-26(36)20-8-10-31-29(12-20)33-21-4-3-5-21/h8,10,12-13,17,21-22,35H,3-7,9,11,14-16H2,1-2H3,(H,31,33)/t22-/m0/s1. The van der Waals surface area contributed by atoms with Crippen molar-refractivity contribution in [2.75, 3.05) is 18.4 Å². The summed E-state index contributed by atoms with van der Waals surface area (Å²) in [5.74, 6) is 1.53. The molecule has 9 heteroatoms. The van der Waals surface area contributed by atoms with Crippen molar-refractivity contribution in [3.05, 3.63) is 70.3 Å². The molecule has 1 aliphatic heterocycles. The molecule has 0 saturated heterocycles. The van der Waals surface area contributed by atoms with E-state index >= 15 is 4.39 Å². The van der Waals surface area contributed by atoms with Crippen LogP contribution in [-0.4, -0.2) is 51.0 Å². The Morgan fingerprint density at radius 1 is 1.29 bits per heavy atom. The van der Waals surface area contributed by atoms with Gasteiger partial charge in [0.05, 0.1) is 11.8 Å². The summed E-state index contributed by atoms with van der Waals surface area (Å²) in [5.41, 5.74) is 3.88. The molecule has 8 nitrogen and oxygen atoms in total. The number of aliphatic hydroxyl groups excluding tert-OH is 1. The Hall–Kier alpha value is -3.30. The smallest absolute Gasteiger partial charge is 0.181 e. The van der Waals surface area contributed by atoms with Crippen LogP contribution in [0.15, 0.2) is 35.2 Å². The van der Waals surface area contributed by atoms with E-state index in [4.69, 9.17) is 9.15 Å². The lowest BCUT2D eigenvalue weighted by atomic mass is 9.93. The van der Waals surface area contributed by atoms with Crippen molar-refractivity contribution in [3.63, 3.8) is 0 Å². The number of halogens is 1. The van der Waals surface area contributed by atoms with Gasteiger partial charge in [-0.15, -0.1) is 0 Å². The quantitative estimate of drug-likeness (QED) is 0.348. The van der Waals surface area contributed by atoms with Gasteiger partial charge in [-0.1, -0.05) is 0 Å². The summed E-state index contributed by atoms with van der Waals surface area (Å²) in [6.07, 6.45) is 7.10. The molecule has 3 aromatic rings. The molecule has 3 heterocycles. The normalized spacial score (nSPS) is 16.5. The average molecular weight is 523 g/mol. The Morgan fingerprint density at radius 3 is 2.87 bits per heavy atom. The first kappa shape index (κ1) is 26.3. The maximum atomic E-state index is 15.1. The molecule has 5 rings (SSSR count). The second-order valence-corrected chi connectivity index (χ2v) is 10.4. The molecular formula is C29H35FN4O4. The largest absolute Gasteiger partial charge is 0.485 e. The molecular weight excluding hydrogens is 487 g/mol. The van der Waals surface area contributed by atoms with E-state index in [0.29, 0.717) is 61.2 Å². The molecule has 0 unspecified atom stereocenters. The zero-order valence-corrected chi connectivity index (χ0v) is 22.0. The predicted octanol–water partition coefficient (Wildman–Crippen LogP) is 4.75. The number of ether oxygens (including phenoxy) is 1. The average Bonchev–Trinajstić information content (AvgIpc) is 3.30. The minimum Gasteiger partial charge on any atom is -0.485 e. The van der Waals surface area contributed by atoms with Crippen LogP contribution >= 0.6 is 0 Å². The lowest BCUT2D eigenvalue weighted by molar-refractivity contribution is 0.0833. The van der Waals surface area contributed by atoms with Crippen LogP contribution < -0.4 is 10.1 Å². The fraction of sp³-hybridized carbons (Fsp3) is 0.483. The number of Topliss-reactive ketones (excluding diaryl/α,β-unsaturated/α-hetero) is 1. The number of oxazole rings is 1. The molecule has 2 aromatic heterocycles. The van der Waals surface area contributed by atoms with Crippen molar-refractivity contribution in [2.45, 2.75) is 77.7 Å². The van der Waals surface area contributed by atoms with Gasteiger partial charge in [0.1, 0.15) is 24.0 Å². The Balaban J connectivity index is 1.13. The Labute approximate surface area is 222 Å². The Morgan fingerprint density at radius 2 is 2.13 bits per heavy atom. The minimum absolute atomic E-state index is 0.0122. The number of β-amino-alcohol motifs (C(OH)–C–C–N with tert-alkyl or cyclic N) is 1. The monoisotopic (exact) mass is 522 g/mol. The molecule has 0 radical (unpaired) electrons. The second kappa shape index (κ2) is 11.6. The molecule has 0 spiro atoms. The minimum atomic E-state index is -0.674. The van der Waals surface area contributed by atoms with Gasteiger partial charge in [0.15, 0.2) is 17.9 Å². The number of nitrogens with one attached hydrogen (secondary N) is 1. The highest BCUT2D eigenvalue weighted by atomic mass is 19.1. The van der Waals surface area contributed by atoms with E-state index in [2.05, 4.69) is 15.3 Å². The number of hydrogen-bond donors (Lipinski definition) is 2. The summed E-state index contributed by atoms with van der Waals surface area (Å²) >= 11 is 0. The van der Waals surface area contributed by atoms with E-state index in [1.54, 1.807) is 18.3 Å². The van der Waals surface area contributed by atoms with E-state index < -0.39 is 6.10 Å². The number of benzene rings is 1. The predicted molar refractivity (Wildman–Crippen MR) is 141 cm³/mol. The van der Waals surface area contributed by atoms with Crippen molar-refractivity contribution in [1.29, 1.82) is 0 Å². The number of ketones is 1. The summed E-state index contributed by atoms with van der Waals surface area (Å²) in [7, 11) is 0. The van der Waals surface area contributed by atoms with Crippen LogP contribution in [0.4, 0.5) is 10.2 Å². The highest BCUT2D eigenvalue weighted by Crippen LogP contribution is 2.32. The number of aromatic nitrogens is 2. The number of carbonyl (C=O) groups excluding carboxylic acids is 1.